The molecule has 4 aromatic rings. The summed E-state index contributed by atoms with van der Waals surface area (Å²) in [7, 11) is 0. The van der Waals surface area contributed by atoms with Crippen LogP contribution in [-0.2, 0) is 11.3 Å². The lowest BCUT2D eigenvalue weighted by Gasteiger charge is -2.28. The predicted octanol–water partition coefficient (Wildman–Crippen LogP) is 3.36. The minimum absolute atomic E-state index is 0.291. The maximum absolute atomic E-state index is 14.4. The van der Waals surface area contributed by atoms with Gasteiger partial charge in [0, 0.05) is 72.3 Å². The Morgan fingerprint density at radius 2 is 2.09 bits per heavy atom. The molecule has 0 aliphatic carbocycles. The van der Waals surface area contributed by atoms with E-state index in [4.69, 9.17) is 14.7 Å². The summed E-state index contributed by atoms with van der Waals surface area (Å²) in [5.74, 6) is 1.22. The first-order valence-electron chi connectivity index (χ1n) is 11.6. The van der Waals surface area contributed by atoms with E-state index in [0.717, 1.165) is 65.2 Å². The molecule has 2 N–H and O–H groups in total. The van der Waals surface area contributed by atoms with E-state index in [9.17, 15) is 4.39 Å². The summed E-state index contributed by atoms with van der Waals surface area (Å²) in [6, 6.07) is 8.50. The minimum Gasteiger partial charge on any atom is -0.378 e. The summed E-state index contributed by atoms with van der Waals surface area (Å²) in [6.07, 6.45) is 3.08. The van der Waals surface area contributed by atoms with Crippen molar-refractivity contribution in [2.75, 3.05) is 44.3 Å². The number of nitrogens with zero attached hydrogens (tertiary/aromatic N) is 4. The van der Waals surface area contributed by atoms with Crippen LogP contribution in [0.1, 0.15) is 11.3 Å². The lowest BCUT2D eigenvalue weighted by atomic mass is 10.1. The first kappa shape index (κ1) is 19.8. The molecular weight excluding hydrogens is 439 g/mol. The van der Waals surface area contributed by atoms with Gasteiger partial charge in [0.2, 0.25) is 0 Å². The molecule has 2 atom stereocenters. The average molecular weight is 465 g/mol. The number of hydrogen-bond donors (Lipinski definition) is 2. The zero-order valence-corrected chi connectivity index (χ0v) is 19.0. The maximum Gasteiger partial charge on any atom is 0.163 e. The second kappa shape index (κ2) is 7.73. The van der Waals surface area contributed by atoms with Crippen LogP contribution in [0.25, 0.3) is 32.5 Å². The zero-order valence-electron chi connectivity index (χ0n) is 18.2. The Labute approximate surface area is 194 Å². The Morgan fingerprint density at radius 1 is 1.18 bits per heavy atom. The van der Waals surface area contributed by atoms with E-state index in [-0.39, 0.29) is 5.82 Å². The van der Waals surface area contributed by atoms with Gasteiger partial charge in [-0.25, -0.2) is 14.4 Å². The first-order valence-corrected chi connectivity index (χ1v) is 12.4. The first-order chi connectivity index (χ1) is 16.2. The van der Waals surface area contributed by atoms with Gasteiger partial charge in [-0.05, 0) is 30.7 Å². The molecule has 1 aromatic carbocycles. The lowest BCUT2D eigenvalue weighted by Crippen LogP contribution is -2.42. The maximum atomic E-state index is 14.4. The second-order valence-corrected chi connectivity index (χ2v) is 10.4. The second-order valence-electron chi connectivity index (χ2n) is 9.21. The number of H-pyrrole nitrogens is 1. The van der Waals surface area contributed by atoms with Gasteiger partial charge in [0.1, 0.15) is 5.82 Å². The number of nitrogens with one attached hydrogen (secondary N) is 2. The van der Waals surface area contributed by atoms with Gasteiger partial charge in [-0.2, -0.15) is 0 Å². The number of thiophene rings is 1. The number of halogens is 1. The summed E-state index contributed by atoms with van der Waals surface area (Å²) in [6.45, 7) is 6.11. The van der Waals surface area contributed by atoms with Gasteiger partial charge < -0.3 is 19.9 Å². The minimum atomic E-state index is -0.291. The molecule has 33 heavy (non-hydrogen) atoms. The van der Waals surface area contributed by atoms with Gasteiger partial charge in [0.15, 0.2) is 11.6 Å². The number of anilines is 1. The average Bonchev–Trinajstić information content (AvgIpc) is 3.62. The van der Waals surface area contributed by atoms with Crippen molar-refractivity contribution in [2.24, 2.45) is 0 Å². The van der Waals surface area contributed by atoms with Crippen LogP contribution in [0.5, 0.6) is 0 Å². The molecule has 170 valence electrons. The van der Waals surface area contributed by atoms with Crippen molar-refractivity contribution >= 4 is 38.3 Å². The van der Waals surface area contributed by atoms with E-state index >= 15 is 0 Å². The Morgan fingerprint density at radius 3 is 2.91 bits per heavy atom. The molecule has 3 fully saturated rings. The molecule has 3 aromatic heterocycles. The highest BCUT2D eigenvalue weighted by molar-refractivity contribution is 7.19. The quantitative estimate of drug-likeness (QED) is 0.483. The number of likely N-dealkylation sites (tertiary alicyclic amines) is 1. The van der Waals surface area contributed by atoms with Crippen molar-refractivity contribution in [1.29, 1.82) is 0 Å². The number of rotatable bonds is 4. The van der Waals surface area contributed by atoms with Gasteiger partial charge >= 0.3 is 0 Å². The van der Waals surface area contributed by atoms with Crippen molar-refractivity contribution in [3.05, 3.63) is 41.2 Å². The van der Waals surface area contributed by atoms with Crippen molar-refractivity contribution in [2.45, 2.75) is 25.0 Å². The lowest BCUT2D eigenvalue weighted by molar-refractivity contribution is 0.122. The van der Waals surface area contributed by atoms with E-state index in [2.05, 4.69) is 26.2 Å². The fourth-order valence-electron chi connectivity index (χ4n) is 5.51. The normalized spacial score (nSPS) is 23.4. The van der Waals surface area contributed by atoms with E-state index in [0.29, 0.717) is 31.1 Å². The number of hydrogen-bond acceptors (Lipinski definition) is 7. The van der Waals surface area contributed by atoms with Crippen LogP contribution in [0.2, 0.25) is 0 Å². The standard InChI is InChI=1S/C24H25FN6OS/c25-14-7-19(18-1-2-26-20(18)8-14)23-28-21-10-17(13-31-12-15-9-16(31)11-27-15)33-22(21)24(29-23)30-3-5-32-6-4-30/h1-2,7-8,10,15-16,26-27H,3-6,9,11-13H2/t15-,16-/m0/s1. The predicted molar refractivity (Wildman–Crippen MR) is 128 cm³/mol. The number of piperazine rings is 1. The van der Waals surface area contributed by atoms with Crippen molar-refractivity contribution in [3.8, 4) is 11.4 Å². The summed E-state index contributed by atoms with van der Waals surface area (Å²) in [5.41, 5.74) is 2.42. The third-order valence-electron chi connectivity index (χ3n) is 7.12. The molecule has 3 saturated heterocycles. The fraction of sp³-hybridized carbons (Fsp3) is 0.417. The van der Waals surface area contributed by atoms with Crippen molar-refractivity contribution in [1.82, 2.24) is 25.2 Å². The molecule has 9 heteroatoms. The molecule has 3 aliphatic rings. The summed E-state index contributed by atoms with van der Waals surface area (Å²) < 4.78 is 21.1. The topological polar surface area (TPSA) is 69.3 Å². The highest BCUT2D eigenvalue weighted by Crippen LogP contribution is 2.37. The molecule has 0 radical (unpaired) electrons. The van der Waals surface area contributed by atoms with Crippen LogP contribution in [0.15, 0.2) is 30.5 Å². The summed E-state index contributed by atoms with van der Waals surface area (Å²) in [4.78, 5) is 19.3. The number of benzene rings is 1. The fourth-order valence-corrected chi connectivity index (χ4v) is 6.65. The number of aromatic nitrogens is 3. The molecule has 0 spiro atoms. The van der Waals surface area contributed by atoms with Crippen molar-refractivity contribution < 1.29 is 9.13 Å². The van der Waals surface area contributed by atoms with Crippen molar-refractivity contribution in [3.63, 3.8) is 0 Å². The number of fused-ring (bicyclic) bond motifs is 4. The number of morpholine rings is 1. The summed E-state index contributed by atoms with van der Waals surface area (Å²) >= 11 is 1.79. The number of ether oxygens (including phenoxy) is 1. The zero-order chi connectivity index (χ0) is 21.9. The Kier molecular flexibility index (Phi) is 4.65. The van der Waals surface area contributed by atoms with Crippen LogP contribution in [-0.4, -0.2) is 71.3 Å². The highest BCUT2D eigenvalue weighted by Gasteiger charge is 2.37. The third-order valence-corrected chi connectivity index (χ3v) is 8.22. The van der Waals surface area contributed by atoms with Crippen LogP contribution in [0.4, 0.5) is 10.2 Å². The SMILES string of the molecule is Fc1cc(-c2nc(N3CCOCC3)c3sc(CN4C[C@@H]5C[C@H]4CN5)cc3n2)c2cc[nH]c2c1. The van der Waals surface area contributed by atoms with Crippen LogP contribution in [0.3, 0.4) is 0 Å². The van der Waals surface area contributed by atoms with Gasteiger partial charge in [-0.15, -0.1) is 11.3 Å². The Hall–Kier alpha value is -2.59. The molecule has 3 aliphatic heterocycles. The Bertz CT molecular complexity index is 1350. The molecule has 7 rings (SSSR count). The molecule has 7 nitrogen and oxygen atoms in total. The number of aromatic amines is 1. The highest BCUT2D eigenvalue weighted by atomic mass is 32.1. The molecule has 0 unspecified atom stereocenters. The van der Waals surface area contributed by atoms with Crippen LogP contribution in [0, 0.1) is 5.82 Å². The van der Waals surface area contributed by atoms with Gasteiger partial charge in [-0.3, -0.25) is 4.90 Å². The molecule has 0 amide bonds. The smallest absolute Gasteiger partial charge is 0.163 e. The van der Waals surface area contributed by atoms with E-state index in [1.54, 1.807) is 17.4 Å². The molecular formula is C24H25FN6OS. The Balaban J connectivity index is 1.34. The largest absolute Gasteiger partial charge is 0.378 e. The van der Waals surface area contributed by atoms with E-state index < -0.39 is 0 Å². The van der Waals surface area contributed by atoms with E-state index in [1.807, 2.05) is 12.3 Å². The van der Waals surface area contributed by atoms with Gasteiger partial charge in [0.25, 0.3) is 0 Å². The monoisotopic (exact) mass is 464 g/mol. The third kappa shape index (κ3) is 3.42. The van der Waals surface area contributed by atoms with Crippen LogP contribution >= 0.6 is 11.3 Å². The van der Waals surface area contributed by atoms with Gasteiger partial charge in [0.05, 0.1) is 23.4 Å². The van der Waals surface area contributed by atoms with Crippen LogP contribution < -0.4 is 10.2 Å². The molecule has 0 saturated carbocycles. The molecule has 6 heterocycles. The molecule has 2 bridgehead atoms. The van der Waals surface area contributed by atoms with E-state index in [1.165, 1.54) is 17.4 Å². The van der Waals surface area contributed by atoms with Gasteiger partial charge in [-0.1, -0.05) is 0 Å². The summed E-state index contributed by atoms with van der Waals surface area (Å²) in [5, 5.41) is 4.51.